The van der Waals surface area contributed by atoms with Crippen LogP contribution in [0.2, 0.25) is 10.0 Å². The highest BCUT2D eigenvalue weighted by Gasteiger charge is 2.02. The zero-order valence-electron chi connectivity index (χ0n) is 5.77. The first-order chi connectivity index (χ1) is 5.59. The van der Waals surface area contributed by atoms with Crippen LogP contribution in [0.3, 0.4) is 0 Å². The van der Waals surface area contributed by atoms with E-state index in [0.29, 0.717) is 15.7 Å². The predicted octanol–water partition coefficient (Wildman–Crippen LogP) is 3.92. The summed E-state index contributed by atoms with van der Waals surface area (Å²) in [6.45, 7) is 0. The van der Waals surface area contributed by atoms with Gasteiger partial charge in [0.25, 0.3) is 4.82 Å². The molecule has 0 fully saturated rings. The number of hydrogen-bond donors (Lipinski definition) is 1. The molecule has 0 aromatic heterocycles. The summed E-state index contributed by atoms with van der Waals surface area (Å²) in [4.78, 5) is 10.2. The summed E-state index contributed by atoms with van der Waals surface area (Å²) in [5, 5.41) is 3.45. The molecule has 5 heteroatoms. The molecule has 0 heterocycles. The van der Waals surface area contributed by atoms with Gasteiger partial charge in [0.2, 0.25) is 0 Å². The standard InChI is InChI=1S/C7H4BrCl2NO/c8-7(12)11-6-3-4(9)1-2-5(6)10/h1-3H,(H,11,12). The number of carbonyl (C=O) groups is 1. The van der Waals surface area contributed by atoms with Gasteiger partial charge in [0.15, 0.2) is 0 Å². The van der Waals surface area contributed by atoms with E-state index in [2.05, 4.69) is 21.2 Å². The minimum atomic E-state index is -0.355. The van der Waals surface area contributed by atoms with Crippen molar-refractivity contribution in [2.75, 3.05) is 5.32 Å². The van der Waals surface area contributed by atoms with Crippen molar-refractivity contribution in [1.82, 2.24) is 0 Å². The van der Waals surface area contributed by atoms with Crippen LogP contribution in [0, 0.1) is 0 Å². The highest BCUT2D eigenvalue weighted by atomic mass is 79.9. The van der Waals surface area contributed by atoms with Crippen LogP contribution in [0.4, 0.5) is 10.5 Å². The molecule has 0 unspecified atom stereocenters. The normalized spacial score (nSPS) is 9.58. The summed E-state index contributed by atoms with van der Waals surface area (Å²) in [5.74, 6) is 0. The van der Waals surface area contributed by atoms with E-state index in [1.54, 1.807) is 18.2 Å². The van der Waals surface area contributed by atoms with Crippen molar-refractivity contribution in [2.45, 2.75) is 0 Å². The van der Waals surface area contributed by atoms with Crippen molar-refractivity contribution in [1.29, 1.82) is 0 Å². The van der Waals surface area contributed by atoms with Gasteiger partial charge in [-0.2, -0.15) is 0 Å². The Balaban J connectivity index is 2.97. The maximum Gasteiger partial charge on any atom is 0.291 e. The van der Waals surface area contributed by atoms with Crippen LogP contribution < -0.4 is 5.32 Å². The Morgan fingerprint density at radius 1 is 1.42 bits per heavy atom. The van der Waals surface area contributed by atoms with E-state index in [0.717, 1.165) is 0 Å². The number of benzene rings is 1. The average Bonchev–Trinajstić information content (AvgIpc) is 1.96. The molecule has 64 valence electrons. The largest absolute Gasteiger partial charge is 0.315 e. The first-order valence-electron chi connectivity index (χ1n) is 3.01. The Hall–Kier alpha value is -0.250. The van der Waals surface area contributed by atoms with Gasteiger partial charge >= 0.3 is 0 Å². The summed E-state index contributed by atoms with van der Waals surface area (Å²) in [6, 6.07) is 4.83. The zero-order chi connectivity index (χ0) is 9.14. The van der Waals surface area contributed by atoms with Crippen LogP contribution >= 0.6 is 39.1 Å². The summed E-state index contributed by atoms with van der Waals surface area (Å²) in [7, 11) is 0. The van der Waals surface area contributed by atoms with Gasteiger partial charge in [-0.15, -0.1) is 0 Å². The van der Waals surface area contributed by atoms with Crippen molar-refractivity contribution in [3.05, 3.63) is 28.2 Å². The van der Waals surface area contributed by atoms with Gasteiger partial charge in [0.05, 0.1) is 10.7 Å². The lowest BCUT2D eigenvalue weighted by atomic mass is 10.3. The summed E-state index contributed by atoms with van der Waals surface area (Å²) < 4.78 is 0. The second kappa shape index (κ2) is 4.12. The van der Waals surface area contributed by atoms with E-state index in [-0.39, 0.29) is 4.82 Å². The monoisotopic (exact) mass is 267 g/mol. The third-order valence-electron chi connectivity index (χ3n) is 1.16. The van der Waals surface area contributed by atoms with E-state index in [1.165, 1.54) is 0 Å². The fraction of sp³-hybridized carbons (Fsp3) is 0. The van der Waals surface area contributed by atoms with E-state index in [1.807, 2.05) is 0 Å². The van der Waals surface area contributed by atoms with Gasteiger partial charge < -0.3 is 5.32 Å². The van der Waals surface area contributed by atoms with Gasteiger partial charge in [0, 0.05) is 21.0 Å². The molecule has 2 nitrogen and oxygen atoms in total. The maximum absolute atomic E-state index is 10.6. The lowest BCUT2D eigenvalue weighted by Crippen LogP contribution is -2.00. The SMILES string of the molecule is O=C(Br)Nc1cc(Cl)ccc1Cl. The Bertz CT molecular complexity index is 316. The lowest BCUT2D eigenvalue weighted by Gasteiger charge is -2.03. The fourth-order valence-corrected chi connectivity index (χ4v) is 1.25. The highest BCUT2D eigenvalue weighted by Crippen LogP contribution is 2.25. The molecule has 1 rings (SSSR count). The minimum absolute atomic E-state index is 0.355. The number of hydrogen-bond acceptors (Lipinski definition) is 1. The Kier molecular flexibility index (Phi) is 3.38. The number of carbonyl (C=O) groups excluding carboxylic acids is 1. The van der Waals surface area contributed by atoms with E-state index in [9.17, 15) is 4.79 Å². The fourth-order valence-electron chi connectivity index (χ4n) is 0.699. The van der Waals surface area contributed by atoms with Crippen molar-refractivity contribution < 1.29 is 4.79 Å². The lowest BCUT2D eigenvalue weighted by molar-refractivity contribution is 0.270. The Morgan fingerprint density at radius 3 is 2.67 bits per heavy atom. The third-order valence-corrected chi connectivity index (χ3v) is 1.92. The minimum Gasteiger partial charge on any atom is -0.315 e. The third kappa shape index (κ3) is 2.66. The van der Waals surface area contributed by atoms with Gasteiger partial charge in [0.1, 0.15) is 0 Å². The molecule has 12 heavy (non-hydrogen) atoms. The second-order valence-corrected chi connectivity index (χ2v) is 3.59. The molecule has 1 aromatic rings. The zero-order valence-corrected chi connectivity index (χ0v) is 8.87. The molecule has 1 amide bonds. The molecule has 0 aliphatic heterocycles. The van der Waals surface area contributed by atoms with Crippen LogP contribution in [-0.4, -0.2) is 4.82 Å². The molecule has 0 saturated carbocycles. The molecular weight excluding hydrogens is 265 g/mol. The number of anilines is 1. The van der Waals surface area contributed by atoms with Crippen molar-refractivity contribution in [2.24, 2.45) is 0 Å². The van der Waals surface area contributed by atoms with Crippen LogP contribution in [0.1, 0.15) is 0 Å². The van der Waals surface area contributed by atoms with E-state index < -0.39 is 0 Å². The molecule has 1 N–H and O–H groups in total. The number of rotatable bonds is 1. The van der Waals surface area contributed by atoms with Crippen LogP contribution in [0.15, 0.2) is 18.2 Å². The van der Waals surface area contributed by atoms with E-state index >= 15 is 0 Å². The molecule has 0 atom stereocenters. The van der Waals surface area contributed by atoms with Crippen LogP contribution in [-0.2, 0) is 0 Å². The molecule has 0 spiro atoms. The quantitative estimate of drug-likeness (QED) is 0.607. The first-order valence-corrected chi connectivity index (χ1v) is 4.56. The summed E-state index contributed by atoms with van der Waals surface area (Å²) >= 11 is 14.1. The van der Waals surface area contributed by atoms with Gasteiger partial charge in [-0.25, -0.2) is 0 Å². The number of halogens is 3. The average molecular weight is 269 g/mol. The number of nitrogens with one attached hydrogen (secondary N) is 1. The predicted molar refractivity (Wildman–Crippen MR) is 54.4 cm³/mol. The first kappa shape index (κ1) is 9.84. The van der Waals surface area contributed by atoms with Crippen LogP contribution in [0.5, 0.6) is 0 Å². The smallest absolute Gasteiger partial charge is 0.291 e. The van der Waals surface area contributed by atoms with Gasteiger partial charge in [-0.3, -0.25) is 4.79 Å². The molecule has 1 aromatic carbocycles. The van der Waals surface area contributed by atoms with Crippen molar-refractivity contribution >= 4 is 49.6 Å². The molecule has 0 radical (unpaired) electrons. The molecule has 0 aliphatic rings. The van der Waals surface area contributed by atoms with Crippen LogP contribution in [0.25, 0.3) is 0 Å². The van der Waals surface area contributed by atoms with Gasteiger partial charge in [-0.1, -0.05) is 23.2 Å². The molecule has 0 bridgehead atoms. The molecular formula is C7H4BrCl2NO. The van der Waals surface area contributed by atoms with Crippen molar-refractivity contribution in [3.63, 3.8) is 0 Å². The van der Waals surface area contributed by atoms with Crippen molar-refractivity contribution in [3.8, 4) is 0 Å². The Morgan fingerprint density at radius 2 is 2.08 bits per heavy atom. The summed E-state index contributed by atoms with van der Waals surface area (Å²) in [6.07, 6.45) is 0. The van der Waals surface area contributed by atoms with E-state index in [4.69, 9.17) is 23.2 Å². The Labute approximate surface area is 88.0 Å². The highest BCUT2D eigenvalue weighted by molar-refractivity contribution is 9.18. The topological polar surface area (TPSA) is 29.1 Å². The second-order valence-electron chi connectivity index (χ2n) is 2.02. The molecule has 0 aliphatic carbocycles. The number of amides is 1. The van der Waals surface area contributed by atoms with Gasteiger partial charge in [-0.05, 0) is 18.2 Å². The molecule has 0 saturated heterocycles. The maximum atomic E-state index is 10.6. The summed E-state index contributed by atoms with van der Waals surface area (Å²) in [5.41, 5.74) is 0.492.